The maximum Gasteiger partial charge on any atom is 0.263 e. The Morgan fingerprint density at radius 1 is 1.35 bits per heavy atom. The summed E-state index contributed by atoms with van der Waals surface area (Å²) in [6, 6.07) is -0.0554. The fraction of sp³-hybridized carbons (Fsp3) is 0.733. The highest BCUT2D eigenvalue weighted by Crippen LogP contribution is 2.27. The van der Waals surface area contributed by atoms with Crippen molar-refractivity contribution in [3.8, 4) is 0 Å². The second-order valence-electron chi connectivity index (χ2n) is 7.18. The molecule has 0 radical (unpaired) electrons. The molecule has 0 aliphatic heterocycles. The van der Waals surface area contributed by atoms with Gasteiger partial charge < -0.3 is 10.4 Å². The number of hydrogen-bond acceptors (Lipinski definition) is 4. The Morgan fingerprint density at radius 2 is 1.95 bits per heavy atom. The van der Waals surface area contributed by atoms with Gasteiger partial charge in [0.05, 0.1) is 11.2 Å². The average Bonchev–Trinajstić information content (AvgIpc) is 2.75. The third kappa shape index (κ3) is 4.56. The van der Waals surface area contributed by atoms with Crippen molar-refractivity contribution in [2.75, 3.05) is 6.61 Å². The summed E-state index contributed by atoms with van der Waals surface area (Å²) >= 11 is 1.43. The van der Waals surface area contributed by atoms with Crippen LogP contribution in [-0.2, 0) is 5.41 Å². The molecule has 1 heterocycles. The van der Waals surface area contributed by atoms with Crippen LogP contribution >= 0.6 is 11.3 Å². The van der Waals surface area contributed by atoms with Gasteiger partial charge in [0.25, 0.3) is 5.91 Å². The van der Waals surface area contributed by atoms with Gasteiger partial charge in [-0.25, -0.2) is 4.98 Å². The Labute approximate surface area is 125 Å². The molecule has 114 valence electrons. The minimum Gasteiger partial charge on any atom is -0.396 e. The normalized spacial score (nSPS) is 14.2. The van der Waals surface area contributed by atoms with Crippen LogP contribution in [0, 0.1) is 5.41 Å². The fourth-order valence-electron chi connectivity index (χ4n) is 1.81. The monoisotopic (exact) mass is 298 g/mol. The minimum atomic E-state index is -0.105. The molecule has 0 aliphatic rings. The standard InChI is InChI=1S/C15H26N2O2S/c1-14(2,3)11(7-8-18)17-12(19)10-9-16-13(20-10)15(4,5)6/h9,11,18H,7-8H2,1-6H3,(H,17,19). The van der Waals surface area contributed by atoms with Crippen molar-refractivity contribution in [1.29, 1.82) is 0 Å². The zero-order valence-corrected chi connectivity index (χ0v) is 14.1. The predicted octanol–water partition coefficient (Wildman–Crippen LogP) is 2.97. The van der Waals surface area contributed by atoms with Crippen molar-refractivity contribution >= 4 is 17.2 Å². The zero-order chi connectivity index (χ0) is 15.6. The molecule has 0 spiro atoms. The molecule has 1 aromatic heterocycles. The molecule has 5 heteroatoms. The molecule has 4 nitrogen and oxygen atoms in total. The molecule has 2 N–H and O–H groups in total. The quantitative estimate of drug-likeness (QED) is 0.898. The molecule has 1 aromatic rings. The topological polar surface area (TPSA) is 62.2 Å². The first-order valence-electron chi connectivity index (χ1n) is 6.93. The van der Waals surface area contributed by atoms with Gasteiger partial charge in [0.1, 0.15) is 4.88 Å². The SMILES string of the molecule is CC(C)(C)c1ncc(C(=O)NC(CCO)C(C)(C)C)s1. The van der Waals surface area contributed by atoms with Crippen LogP contribution in [0.3, 0.4) is 0 Å². The second-order valence-corrected chi connectivity index (χ2v) is 8.21. The van der Waals surface area contributed by atoms with Crippen LogP contribution < -0.4 is 5.32 Å². The molecule has 20 heavy (non-hydrogen) atoms. The van der Waals surface area contributed by atoms with Gasteiger partial charge in [-0.2, -0.15) is 0 Å². The first-order chi connectivity index (χ1) is 9.05. The van der Waals surface area contributed by atoms with E-state index >= 15 is 0 Å². The predicted molar refractivity (Wildman–Crippen MR) is 83.2 cm³/mol. The molecule has 0 aliphatic carbocycles. The highest BCUT2D eigenvalue weighted by atomic mass is 32.1. The van der Waals surface area contributed by atoms with Crippen LogP contribution in [0.15, 0.2) is 6.20 Å². The first kappa shape index (κ1) is 17.1. The third-order valence-corrected chi connectivity index (χ3v) is 4.56. The number of thiazole rings is 1. The first-order valence-corrected chi connectivity index (χ1v) is 7.75. The molecule has 1 rings (SSSR count). The molecule has 0 aromatic carbocycles. The molecule has 0 fully saturated rings. The van der Waals surface area contributed by atoms with E-state index in [0.717, 1.165) is 5.01 Å². The highest BCUT2D eigenvalue weighted by Gasteiger charge is 2.27. The molecule has 0 saturated heterocycles. The summed E-state index contributed by atoms with van der Waals surface area (Å²) in [4.78, 5) is 17.3. The lowest BCUT2D eigenvalue weighted by Gasteiger charge is -2.30. The summed E-state index contributed by atoms with van der Waals surface area (Å²) in [5, 5.41) is 13.1. The smallest absolute Gasteiger partial charge is 0.263 e. The van der Waals surface area contributed by atoms with E-state index in [9.17, 15) is 4.79 Å². The summed E-state index contributed by atoms with van der Waals surface area (Å²) in [5.41, 5.74) is -0.131. The van der Waals surface area contributed by atoms with Gasteiger partial charge in [-0.1, -0.05) is 41.5 Å². The van der Waals surface area contributed by atoms with E-state index in [2.05, 4.69) is 51.8 Å². The number of aliphatic hydroxyl groups is 1. The zero-order valence-electron chi connectivity index (χ0n) is 13.3. The number of carbonyl (C=O) groups is 1. The average molecular weight is 298 g/mol. The molecular weight excluding hydrogens is 272 g/mol. The second kappa shape index (κ2) is 6.22. The Balaban J connectivity index is 2.82. The Hall–Kier alpha value is -0.940. The van der Waals surface area contributed by atoms with Crippen molar-refractivity contribution < 1.29 is 9.90 Å². The summed E-state index contributed by atoms with van der Waals surface area (Å²) in [7, 11) is 0. The van der Waals surface area contributed by atoms with Crippen molar-refractivity contribution in [3.63, 3.8) is 0 Å². The van der Waals surface area contributed by atoms with Crippen LogP contribution in [0.1, 0.15) is 62.6 Å². The van der Waals surface area contributed by atoms with Crippen LogP contribution in [0.4, 0.5) is 0 Å². The molecule has 0 bridgehead atoms. The number of nitrogens with one attached hydrogen (secondary N) is 1. The lowest BCUT2D eigenvalue weighted by atomic mass is 9.85. The number of nitrogens with zero attached hydrogens (tertiary/aromatic N) is 1. The molecule has 0 saturated carbocycles. The van der Waals surface area contributed by atoms with E-state index in [1.54, 1.807) is 6.20 Å². The van der Waals surface area contributed by atoms with Gasteiger partial charge in [-0.05, 0) is 11.8 Å². The number of aromatic nitrogens is 1. The van der Waals surface area contributed by atoms with E-state index in [4.69, 9.17) is 5.11 Å². The fourth-order valence-corrected chi connectivity index (χ4v) is 2.68. The minimum absolute atomic E-state index is 0.0439. The van der Waals surface area contributed by atoms with Crippen LogP contribution in [0.5, 0.6) is 0 Å². The summed E-state index contributed by atoms with van der Waals surface area (Å²) in [5.74, 6) is -0.105. The van der Waals surface area contributed by atoms with Gasteiger partial charge >= 0.3 is 0 Å². The number of amides is 1. The van der Waals surface area contributed by atoms with E-state index < -0.39 is 0 Å². The van der Waals surface area contributed by atoms with Crippen molar-refractivity contribution in [2.45, 2.75) is 59.4 Å². The van der Waals surface area contributed by atoms with Crippen LogP contribution in [0.2, 0.25) is 0 Å². The van der Waals surface area contributed by atoms with E-state index in [1.807, 2.05) is 0 Å². The summed E-state index contributed by atoms with van der Waals surface area (Å²) in [6.45, 7) is 12.5. The molecular formula is C15H26N2O2S. The van der Waals surface area contributed by atoms with Gasteiger partial charge in [-0.15, -0.1) is 11.3 Å². The van der Waals surface area contributed by atoms with Gasteiger partial charge in [-0.3, -0.25) is 4.79 Å². The third-order valence-electron chi connectivity index (χ3n) is 3.14. The van der Waals surface area contributed by atoms with Gasteiger partial charge in [0.2, 0.25) is 0 Å². The van der Waals surface area contributed by atoms with Crippen LogP contribution in [0.25, 0.3) is 0 Å². The van der Waals surface area contributed by atoms with Crippen LogP contribution in [-0.4, -0.2) is 28.6 Å². The lowest BCUT2D eigenvalue weighted by molar-refractivity contribution is 0.0889. The van der Waals surface area contributed by atoms with Crippen molar-refractivity contribution in [1.82, 2.24) is 10.3 Å². The number of hydrogen-bond donors (Lipinski definition) is 2. The lowest BCUT2D eigenvalue weighted by Crippen LogP contribution is -2.44. The molecule has 1 amide bonds. The maximum atomic E-state index is 12.3. The van der Waals surface area contributed by atoms with Gasteiger partial charge in [0, 0.05) is 18.1 Å². The number of carbonyl (C=O) groups excluding carboxylic acids is 1. The Morgan fingerprint density at radius 3 is 2.35 bits per heavy atom. The molecule has 1 unspecified atom stereocenters. The van der Waals surface area contributed by atoms with Crippen molar-refractivity contribution in [3.05, 3.63) is 16.1 Å². The maximum absolute atomic E-state index is 12.3. The van der Waals surface area contributed by atoms with E-state index in [-0.39, 0.29) is 29.4 Å². The summed E-state index contributed by atoms with van der Waals surface area (Å²) < 4.78 is 0. The van der Waals surface area contributed by atoms with Gasteiger partial charge in [0.15, 0.2) is 0 Å². The number of aliphatic hydroxyl groups excluding tert-OH is 1. The highest BCUT2D eigenvalue weighted by molar-refractivity contribution is 7.13. The van der Waals surface area contributed by atoms with E-state index in [0.29, 0.717) is 11.3 Å². The number of rotatable bonds is 4. The largest absolute Gasteiger partial charge is 0.396 e. The van der Waals surface area contributed by atoms with Crippen molar-refractivity contribution in [2.24, 2.45) is 5.41 Å². The Bertz CT molecular complexity index is 455. The molecule has 1 atom stereocenters. The summed E-state index contributed by atoms with van der Waals surface area (Å²) in [6.07, 6.45) is 2.19. The van der Waals surface area contributed by atoms with E-state index in [1.165, 1.54) is 11.3 Å². The Kier molecular flexibility index (Phi) is 5.33.